The second-order valence-electron chi connectivity index (χ2n) is 5.96. The largest absolute Gasteiger partial charge is 0.497 e. The van der Waals surface area contributed by atoms with Crippen molar-refractivity contribution in [1.82, 2.24) is 10.1 Å². The molecule has 8 nitrogen and oxygen atoms in total. The molecule has 1 amide bonds. The maximum absolute atomic E-state index is 11.9. The van der Waals surface area contributed by atoms with Crippen LogP contribution in [0.25, 0.3) is 11.4 Å². The van der Waals surface area contributed by atoms with Gasteiger partial charge in [0.1, 0.15) is 5.75 Å². The van der Waals surface area contributed by atoms with Crippen LogP contribution in [0, 0.1) is 0 Å². The van der Waals surface area contributed by atoms with Crippen LogP contribution in [-0.4, -0.2) is 35.7 Å². The van der Waals surface area contributed by atoms with Crippen LogP contribution in [0.15, 0.2) is 53.1 Å². The van der Waals surface area contributed by atoms with Crippen molar-refractivity contribution in [3.05, 3.63) is 59.4 Å². The number of hydrogen-bond donors (Lipinski definition) is 1. The summed E-state index contributed by atoms with van der Waals surface area (Å²) in [5.41, 5.74) is 1.30. The fourth-order valence-corrected chi connectivity index (χ4v) is 2.52. The second kappa shape index (κ2) is 9.70. The van der Waals surface area contributed by atoms with Crippen LogP contribution in [0.5, 0.6) is 5.75 Å². The minimum absolute atomic E-state index is 0.00862. The van der Waals surface area contributed by atoms with Gasteiger partial charge in [0.2, 0.25) is 11.7 Å². The van der Waals surface area contributed by atoms with E-state index in [1.807, 2.05) is 0 Å². The Kier molecular flexibility index (Phi) is 6.80. The van der Waals surface area contributed by atoms with Crippen molar-refractivity contribution in [1.29, 1.82) is 0 Å². The zero-order valence-electron chi connectivity index (χ0n) is 15.6. The van der Waals surface area contributed by atoms with Crippen LogP contribution in [0.1, 0.15) is 12.3 Å². The topological polar surface area (TPSA) is 104 Å². The molecule has 0 aliphatic heterocycles. The summed E-state index contributed by atoms with van der Waals surface area (Å²) in [6, 6.07) is 13.8. The molecule has 0 atom stereocenters. The zero-order valence-corrected chi connectivity index (χ0v) is 16.3. The van der Waals surface area contributed by atoms with Crippen LogP contribution in [-0.2, 0) is 20.7 Å². The van der Waals surface area contributed by atoms with Gasteiger partial charge in [-0.05, 0) is 36.4 Å². The van der Waals surface area contributed by atoms with Gasteiger partial charge in [-0.1, -0.05) is 22.8 Å². The van der Waals surface area contributed by atoms with Crippen LogP contribution in [0.4, 0.5) is 5.69 Å². The van der Waals surface area contributed by atoms with Gasteiger partial charge in [-0.3, -0.25) is 9.59 Å². The van der Waals surface area contributed by atoms with E-state index >= 15 is 0 Å². The summed E-state index contributed by atoms with van der Waals surface area (Å²) in [6.45, 7) is -0.393. The average Bonchev–Trinajstić information content (AvgIpc) is 3.20. The van der Waals surface area contributed by atoms with Gasteiger partial charge in [-0.2, -0.15) is 4.98 Å². The highest BCUT2D eigenvalue weighted by molar-refractivity contribution is 6.30. The van der Waals surface area contributed by atoms with E-state index in [0.29, 0.717) is 28.2 Å². The lowest BCUT2D eigenvalue weighted by Crippen LogP contribution is -2.21. The summed E-state index contributed by atoms with van der Waals surface area (Å²) in [5, 5.41) is 7.11. The third kappa shape index (κ3) is 6.05. The second-order valence-corrected chi connectivity index (χ2v) is 6.40. The van der Waals surface area contributed by atoms with Crippen molar-refractivity contribution in [3.8, 4) is 17.1 Å². The molecule has 3 rings (SSSR count). The Balaban J connectivity index is 1.43. The molecule has 0 saturated carbocycles. The molecular weight excluding hydrogens is 398 g/mol. The molecule has 0 aliphatic rings. The highest BCUT2D eigenvalue weighted by Gasteiger charge is 2.13. The normalized spacial score (nSPS) is 10.4. The van der Waals surface area contributed by atoms with E-state index in [1.54, 1.807) is 48.5 Å². The smallest absolute Gasteiger partial charge is 0.306 e. The highest BCUT2D eigenvalue weighted by atomic mass is 35.5. The summed E-state index contributed by atoms with van der Waals surface area (Å²) in [5.74, 6) is 0.319. The number of nitrogens with zero attached hydrogens (tertiary/aromatic N) is 2. The van der Waals surface area contributed by atoms with E-state index in [4.69, 9.17) is 25.6 Å². The van der Waals surface area contributed by atoms with Crippen LogP contribution in [0.3, 0.4) is 0 Å². The average molecular weight is 416 g/mol. The Labute approximate surface area is 171 Å². The molecule has 150 valence electrons. The number of anilines is 1. The Morgan fingerprint density at radius 2 is 1.97 bits per heavy atom. The van der Waals surface area contributed by atoms with Gasteiger partial charge >= 0.3 is 5.97 Å². The maximum atomic E-state index is 11.9. The molecule has 0 fully saturated rings. The molecular formula is C20H18ClN3O5. The molecule has 0 aliphatic carbocycles. The Morgan fingerprint density at radius 3 is 2.72 bits per heavy atom. The van der Waals surface area contributed by atoms with Crippen molar-refractivity contribution in [2.24, 2.45) is 0 Å². The summed E-state index contributed by atoms with van der Waals surface area (Å²) < 4.78 is 15.2. The van der Waals surface area contributed by atoms with Crippen LogP contribution in [0.2, 0.25) is 5.02 Å². The van der Waals surface area contributed by atoms with Crippen molar-refractivity contribution >= 4 is 29.2 Å². The molecule has 2 aromatic carbocycles. The van der Waals surface area contributed by atoms with Gasteiger partial charge in [-0.25, -0.2) is 0 Å². The van der Waals surface area contributed by atoms with E-state index in [0.717, 1.165) is 5.56 Å². The number of ether oxygens (including phenoxy) is 2. The van der Waals surface area contributed by atoms with Gasteiger partial charge < -0.3 is 19.3 Å². The Bertz CT molecular complexity index is 988. The van der Waals surface area contributed by atoms with Gasteiger partial charge in [0, 0.05) is 28.8 Å². The predicted octanol–water partition coefficient (Wildman–Crippen LogP) is 3.51. The van der Waals surface area contributed by atoms with Gasteiger partial charge in [-0.15, -0.1) is 0 Å². The van der Waals surface area contributed by atoms with Crippen LogP contribution >= 0.6 is 11.6 Å². The molecule has 0 spiro atoms. The summed E-state index contributed by atoms with van der Waals surface area (Å²) in [4.78, 5) is 28.0. The number of aromatic nitrogens is 2. The fourth-order valence-electron chi connectivity index (χ4n) is 2.40. The summed E-state index contributed by atoms with van der Waals surface area (Å²) in [6.07, 6.45) is 0.214. The lowest BCUT2D eigenvalue weighted by atomic mass is 10.2. The number of carbonyl (C=O) groups is 2. The number of hydrogen-bond acceptors (Lipinski definition) is 7. The van der Waals surface area contributed by atoms with Crippen molar-refractivity contribution in [3.63, 3.8) is 0 Å². The SMILES string of the molecule is COc1cccc(NC(=O)COC(=O)CCc2nc(-c3ccc(Cl)cc3)no2)c1. The lowest BCUT2D eigenvalue weighted by molar-refractivity contribution is -0.147. The number of esters is 1. The van der Waals surface area contributed by atoms with E-state index in [-0.39, 0.29) is 12.8 Å². The van der Waals surface area contributed by atoms with Gasteiger partial charge in [0.15, 0.2) is 6.61 Å². The zero-order chi connectivity index (χ0) is 20.6. The van der Waals surface area contributed by atoms with Gasteiger partial charge in [0.25, 0.3) is 5.91 Å². The Hall–Kier alpha value is -3.39. The van der Waals surface area contributed by atoms with Crippen LogP contribution < -0.4 is 10.1 Å². The molecule has 1 N–H and O–H groups in total. The summed E-state index contributed by atoms with van der Waals surface area (Å²) >= 11 is 5.85. The number of carbonyl (C=O) groups excluding carboxylic acids is 2. The van der Waals surface area contributed by atoms with Crippen molar-refractivity contribution in [2.75, 3.05) is 19.0 Å². The van der Waals surface area contributed by atoms with Gasteiger partial charge in [0.05, 0.1) is 13.5 Å². The molecule has 0 bridgehead atoms. The van der Waals surface area contributed by atoms with E-state index in [2.05, 4.69) is 15.5 Å². The highest BCUT2D eigenvalue weighted by Crippen LogP contribution is 2.19. The number of methoxy groups -OCH3 is 1. The Morgan fingerprint density at radius 1 is 1.17 bits per heavy atom. The first-order valence-corrected chi connectivity index (χ1v) is 9.09. The molecule has 3 aromatic rings. The third-order valence-electron chi connectivity index (χ3n) is 3.83. The first-order chi connectivity index (χ1) is 14.0. The molecule has 29 heavy (non-hydrogen) atoms. The lowest BCUT2D eigenvalue weighted by Gasteiger charge is -2.07. The first-order valence-electron chi connectivity index (χ1n) is 8.71. The standard InChI is InChI=1S/C20H18ClN3O5/c1-27-16-4-2-3-15(11-16)22-17(25)12-28-19(26)10-9-18-23-20(24-29-18)13-5-7-14(21)8-6-13/h2-8,11H,9-10,12H2,1H3,(H,22,25). The van der Waals surface area contributed by atoms with E-state index in [1.165, 1.54) is 7.11 Å². The third-order valence-corrected chi connectivity index (χ3v) is 4.08. The van der Waals surface area contributed by atoms with Crippen molar-refractivity contribution in [2.45, 2.75) is 12.8 Å². The molecule has 0 radical (unpaired) electrons. The summed E-state index contributed by atoms with van der Waals surface area (Å²) in [7, 11) is 1.53. The quantitative estimate of drug-likeness (QED) is 0.561. The number of halogens is 1. The number of aryl methyl sites for hydroxylation is 1. The van der Waals surface area contributed by atoms with E-state index < -0.39 is 18.5 Å². The molecule has 0 saturated heterocycles. The number of benzene rings is 2. The first kappa shape index (κ1) is 20.3. The van der Waals surface area contributed by atoms with Crippen molar-refractivity contribution < 1.29 is 23.6 Å². The minimum Gasteiger partial charge on any atom is -0.497 e. The predicted molar refractivity (Wildman–Crippen MR) is 106 cm³/mol. The number of rotatable bonds is 8. The molecule has 0 unspecified atom stereocenters. The number of amides is 1. The van der Waals surface area contributed by atoms with E-state index in [9.17, 15) is 9.59 Å². The maximum Gasteiger partial charge on any atom is 0.306 e. The number of nitrogens with one attached hydrogen (secondary N) is 1. The molecule has 1 heterocycles. The molecule has 9 heteroatoms. The molecule has 1 aromatic heterocycles. The monoisotopic (exact) mass is 415 g/mol. The minimum atomic E-state index is -0.544. The fraction of sp³-hybridized carbons (Fsp3) is 0.200.